The third-order valence-electron chi connectivity index (χ3n) is 4.84. The maximum Gasteiger partial charge on any atom is 0.259 e. The molecule has 0 saturated heterocycles. The van der Waals surface area contributed by atoms with Crippen molar-refractivity contribution in [2.24, 2.45) is 0 Å². The summed E-state index contributed by atoms with van der Waals surface area (Å²) in [5.74, 6) is -0.138. The first-order chi connectivity index (χ1) is 13.1. The second-order valence-corrected chi connectivity index (χ2v) is 6.87. The van der Waals surface area contributed by atoms with E-state index in [1.54, 1.807) is 0 Å². The first kappa shape index (κ1) is 20.0. The summed E-state index contributed by atoms with van der Waals surface area (Å²) in [7, 11) is 0. The van der Waals surface area contributed by atoms with Crippen molar-refractivity contribution >= 4 is 29.4 Å². The molecule has 0 radical (unpaired) electrons. The molecule has 0 bridgehead atoms. The van der Waals surface area contributed by atoms with Gasteiger partial charge in [-0.05, 0) is 32.9 Å². The molecular weight excluding hydrogens is 376 g/mol. The Balaban J connectivity index is 0.00000225. The van der Waals surface area contributed by atoms with Crippen molar-refractivity contribution in [1.82, 2.24) is 20.8 Å². The van der Waals surface area contributed by atoms with Crippen LogP contribution in [0.5, 0.6) is 0 Å². The standard InChI is InChI=1S/C21H22N4O2.ClH/c1-13-3-5-16(6-4-13)18-11-17(19-14(2)25-27-21(19)24-18)20(26)23-12-15-7-9-22-10-8-15;/h3-7,11,22H,8-10,12H2,1-2H3,(H,23,26);1H. The summed E-state index contributed by atoms with van der Waals surface area (Å²) in [5.41, 5.74) is 5.65. The zero-order valence-electron chi connectivity index (χ0n) is 15.9. The predicted molar refractivity (Wildman–Crippen MR) is 112 cm³/mol. The Morgan fingerprint density at radius 2 is 2.04 bits per heavy atom. The minimum absolute atomic E-state index is 0. The van der Waals surface area contributed by atoms with Crippen molar-refractivity contribution in [3.8, 4) is 11.3 Å². The van der Waals surface area contributed by atoms with Crippen LogP contribution in [0.15, 0.2) is 46.5 Å². The highest BCUT2D eigenvalue weighted by Crippen LogP contribution is 2.27. The lowest BCUT2D eigenvalue weighted by molar-refractivity contribution is 0.0958. The van der Waals surface area contributed by atoms with Crippen LogP contribution in [0.3, 0.4) is 0 Å². The highest BCUT2D eigenvalue weighted by atomic mass is 35.5. The number of fused-ring (bicyclic) bond motifs is 1. The minimum atomic E-state index is -0.138. The molecule has 0 saturated carbocycles. The Morgan fingerprint density at radius 1 is 1.25 bits per heavy atom. The molecule has 1 aromatic carbocycles. The summed E-state index contributed by atoms with van der Waals surface area (Å²) < 4.78 is 5.36. The lowest BCUT2D eigenvalue weighted by Gasteiger charge is -2.15. The summed E-state index contributed by atoms with van der Waals surface area (Å²) in [6.45, 7) is 6.21. The number of hydrogen-bond donors (Lipinski definition) is 2. The van der Waals surface area contributed by atoms with E-state index < -0.39 is 0 Å². The molecule has 6 nitrogen and oxygen atoms in total. The second kappa shape index (κ2) is 8.54. The molecule has 1 aliphatic rings. The van der Waals surface area contributed by atoms with E-state index in [0.717, 1.165) is 25.1 Å². The normalized spacial score (nSPS) is 13.7. The highest BCUT2D eigenvalue weighted by molar-refractivity contribution is 6.07. The molecule has 7 heteroatoms. The Hall–Kier alpha value is -2.70. The third kappa shape index (κ3) is 4.08. The Labute approximate surface area is 169 Å². The van der Waals surface area contributed by atoms with Crippen LogP contribution in [-0.2, 0) is 0 Å². The summed E-state index contributed by atoms with van der Waals surface area (Å²) in [4.78, 5) is 17.5. The van der Waals surface area contributed by atoms with Crippen molar-refractivity contribution in [2.45, 2.75) is 20.3 Å². The molecule has 0 atom stereocenters. The van der Waals surface area contributed by atoms with E-state index in [-0.39, 0.29) is 18.3 Å². The summed E-state index contributed by atoms with van der Waals surface area (Å²) in [5, 5.41) is 11.0. The van der Waals surface area contributed by atoms with E-state index in [9.17, 15) is 4.79 Å². The lowest BCUT2D eigenvalue weighted by Crippen LogP contribution is -2.29. The maximum atomic E-state index is 12.9. The van der Waals surface area contributed by atoms with Gasteiger partial charge in [-0.3, -0.25) is 4.79 Å². The predicted octanol–water partition coefficient (Wildman–Crippen LogP) is 3.58. The van der Waals surface area contributed by atoms with E-state index in [2.05, 4.69) is 26.9 Å². The fourth-order valence-corrected chi connectivity index (χ4v) is 3.27. The molecule has 28 heavy (non-hydrogen) atoms. The van der Waals surface area contributed by atoms with Gasteiger partial charge in [-0.15, -0.1) is 12.4 Å². The van der Waals surface area contributed by atoms with Crippen LogP contribution in [0, 0.1) is 13.8 Å². The van der Waals surface area contributed by atoms with E-state index >= 15 is 0 Å². The Bertz CT molecular complexity index is 1020. The number of rotatable bonds is 4. The summed E-state index contributed by atoms with van der Waals surface area (Å²) >= 11 is 0. The number of amides is 1. The van der Waals surface area contributed by atoms with Gasteiger partial charge in [0.25, 0.3) is 11.6 Å². The lowest BCUT2D eigenvalue weighted by atomic mass is 10.0. The molecule has 1 amide bonds. The second-order valence-electron chi connectivity index (χ2n) is 6.87. The topological polar surface area (TPSA) is 80.0 Å². The van der Waals surface area contributed by atoms with Crippen LogP contribution < -0.4 is 10.6 Å². The zero-order valence-corrected chi connectivity index (χ0v) is 16.7. The van der Waals surface area contributed by atoms with Crippen molar-refractivity contribution in [1.29, 1.82) is 0 Å². The van der Waals surface area contributed by atoms with Crippen LogP contribution in [0.25, 0.3) is 22.4 Å². The number of carbonyl (C=O) groups is 1. The monoisotopic (exact) mass is 398 g/mol. The van der Waals surface area contributed by atoms with Gasteiger partial charge in [0.15, 0.2) is 0 Å². The van der Waals surface area contributed by atoms with Crippen molar-refractivity contribution in [3.05, 3.63) is 58.8 Å². The fourth-order valence-electron chi connectivity index (χ4n) is 3.27. The SMILES string of the molecule is Cc1ccc(-c2cc(C(=O)NCC3=CCNCC3)c3c(C)noc3n2)cc1.Cl. The third-order valence-corrected chi connectivity index (χ3v) is 4.84. The molecule has 0 aliphatic carbocycles. The Kier molecular flexibility index (Phi) is 6.11. The minimum Gasteiger partial charge on any atom is -0.348 e. The molecular formula is C21H23ClN4O2. The number of hydrogen-bond acceptors (Lipinski definition) is 5. The van der Waals surface area contributed by atoms with Crippen LogP contribution >= 0.6 is 12.4 Å². The van der Waals surface area contributed by atoms with Crippen molar-refractivity contribution in [3.63, 3.8) is 0 Å². The summed E-state index contributed by atoms with van der Waals surface area (Å²) in [6, 6.07) is 9.86. The molecule has 4 rings (SSSR count). The van der Waals surface area contributed by atoms with Gasteiger partial charge < -0.3 is 15.2 Å². The first-order valence-corrected chi connectivity index (χ1v) is 9.13. The van der Waals surface area contributed by atoms with E-state index in [0.29, 0.717) is 34.6 Å². The van der Waals surface area contributed by atoms with Crippen LogP contribution in [0.1, 0.15) is 28.0 Å². The van der Waals surface area contributed by atoms with Gasteiger partial charge in [0.2, 0.25) is 0 Å². The zero-order chi connectivity index (χ0) is 18.8. The average molecular weight is 399 g/mol. The van der Waals surface area contributed by atoms with Crippen LogP contribution in [-0.4, -0.2) is 35.7 Å². The number of benzene rings is 1. The van der Waals surface area contributed by atoms with Crippen molar-refractivity contribution < 1.29 is 9.32 Å². The number of aryl methyl sites for hydroxylation is 2. The highest BCUT2D eigenvalue weighted by Gasteiger charge is 2.19. The molecule has 2 N–H and O–H groups in total. The molecule has 1 aliphatic heterocycles. The molecule has 3 aromatic rings. The van der Waals surface area contributed by atoms with E-state index in [1.807, 2.05) is 44.2 Å². The number of carbonyl (C=O) groups excluding carboxylic acids is 1. The molecule has 0 fully saturated rings. The smallest absolute Gasteiger partial charge is 0.259 e. The van der Waals surface area contributed by atoms with Gasteiger partial charge in [0.1, 0.15) is 0 Å². The van der Waals surface area contributed by atoms with Gasteiger partial charge in [-0.1, -0.05) is 46.6 Å². The maximum absolute atomic E-state index is 12.9. The van der Waals surface area contributed by atoms with E-state index in [1.165, 1.54) is 11.1 Å². The number of pyridine rings is 1. The van der Waals surface area contributed by atoms with Crippen molar-refractivity contribution in [2.75, 3.05) is 19.6 Å². The number of halogens is 1. The van der Waals surface area contributed by atoms with Gasteiger partial charge in [0.05, 0.1) is 22.3 Å². The van der Waals surface area contributed by atoms with Crippen LogP contribution in [0.2, 0.25) is 0 Å². The number of nitrogens with zero attached hydrogens (tertiary/aromatic N) is 2. The first-order valence-electron chi connectivity index (χ1n) is 9.13. The summed E-state index contributed by atoms with van der Waals surface area (Å²) in [6.07, 6.45) is 3.08. The van der Waals surface area contributed by atoms with Gasteiger partial charge >= 0.3 is 0 Å². The molecule has 2 aromatic heterocycles. The quantitative estimate of drug-likeness (QED) is 0.656. The number of aromatic nitrogens is 2. The number of nitrogens with one attached hydrogen (secondary N) is 2. The fraction of sp³-hybridized carbons (Fsp3) is 0.286. The molecule has 0 spiro atoms. The van der Waals surface area contributed by atoms with Gasteiger partial charge in [-0.2, -0.15) is 0 Å². The van der Waals surface area contributed by atoms with Gasteiger partial charge in [-0.25, -0.2) is 4.98 Å². The van der Waals surface area contributed by atoms with Gasteiger partial charge in [0, 0.05) is 18.7 Å². The largest absolute Gasteiger partial charge is 0.348 e. The van der Waals surface area contributed by atoms with E-state index in [4.69, 9.17) is 4.52 Å². The van der Waals surface area contributed by atoms with Crippen LogP contribution in [0.4, 0.5) is 0 Å². The molecule has 0 unspecified atom stereocenters. The molecule has 3 heterocycles. The molecule has 146 valence electrons. The Morgan fingerprint density at radius 3 is 2.75 bits per heavy atom. The average Bonchev–Trinajstić information content (AvgIpc) is 3.08.